The minimum atomic E-state index is -3.47. The van der Waals surface area contributed by atoms with Crippen molar-refractivity contribution in [1.29, 1.82) is 0 Å². The fraction of sp³-hybridized carbons (Fsp3) is 0.286. The van der Waals surface area contributed by atoms with E-state index in [0.29, 0.717) is 32.0 Å². The lowest BCUT2D eigenvalue weighted by Crippen LogP contribution is -2.48. The molecule has 1 aliphatic rings. The van der Waals surface area contributed by atoms with Crippen molar-refractivity contribution in [1.82, 2.24) is 23.8 Å². The summed E-state index contributed by atoms with van der Waals surface area (Å²) in [6.45, 7) is 5.80. The molecule has 30 heavy (non-hydrogen) atoms. The number of imidazole rings is 1. The van der Waals surface area contributed by atoms with Crippen LogP contribution < -0.4 is 4.90 Å². The summed E-state index contributed by atoms with van der Waals surface area (Å²) in [6, 6.07) is 9.65. The minimum Gasteiger partial charge on any atom is -0.354 e. The molecule has 3 heterocycles. The second-order valence-electron chi connectivity index (χ2n) is 7.25. The number of rotatable bonds is 5. The molecule has 4 rings (SSSR count). The Balaban J connectivity index is 1.44. The zero-order chi connectivity index (χ0) is 21.1. The van der Waals surface area contributed by atoms with Crippen molar-refractivity contribution in [3.8, 4) is 5.82 Å². The third-order valence-electron chi connectivity index (χ3n) is 5.01. The van der Waals surface area contributed by atoms with Crippen LogP contribution in [-0.4, -0.2) is 58.4 Å². The molecule has 1 saturated heterocycles. The van der Waals surface area contributed by atoms with E-state index >= 15 is 0 Å². The van der Waals surface area contributed by atoms with Crippen molar-refractivity contribution in [3.63, 3.8) is 0 Å². The maximum absolute atomic E-state index is 12.7. The first kappa shape index (κ1) is 20.2. The standard InChI is InChI=1S/C21H24N6O2S/c1-17-3-5-19(6-4-17)7-14-30(28,29)27-12-10-25(11-13-27)20-15-21(24-18(2)23-20)26-9-8-22-16-26/h3-9,14-16H,10-13H2,1-2H3/b14-7+. The Morgan fingerprint density at radius 2 is 1.67 bits per heavy atom. The van der Waals surface area contributed by atoms with E-state index in [9.17, 15) is 8.42 Å². The highest BCUT2D eigenvalue weighted by Crippen LogP contribution is 2.19. The van der Waals surface area contributed by atoms with Crippen LogP contribution in [0, 0.1) is 13.8 Å². The zero-order valence-corrected chi connectivity index (χ0v) is 17.8. The number of hydrogen-bond acceptors (Lipinski definition) is 6. The van der Waals surface area contributed by atoms with Gasteiger partial charge < -0.3 is 4.90 Å². The monoisotopic (exact) mass is 424 g/mol. The molecule has 0 atom stereocenters. The summed E-state index contributed by atoms with van der Waals surface area (Å²) >= 11 is 0. The molecular weight excluding hydrogens is 400 g/mol. The van der Waals surface area contributed by atoms with E-state index in [1.165, 1.54) is 9.71 Å². The van der Waals surface area contributed by atoms with Crippen molar-refractivity contribution < 1.29 is 8.42 Å². The molecule has 0 saturated carbocycles. The first-order chi connectivity index (χ1) is 14.4. The van der Waals surface area contributed by atoms with Crippen LogP contribution in [0.5, 0.6) is 0 Å². The molecule has 1 fully saturated rings. The van der Waals surface area contributed by atoms with Gasteiger partial charge in [-0.25, -0.2) is 23.4 Å². The molecule has 2 aromatic heterocycles. The number of sulfonamides is 1. The van der Waals surface area contributed by atoms with Crippen LogP contribution in [0.2, 0.25) is 0 Å². The fourth-order valence-corrected chi connectivity index (χ4v) is 4.50. The van der Waals surface area contributed by atoms with E-state index in [4.69, 9.17) is 0 Å². The highest BCUT2D eigenvalue weighted by Gasteiger charge is 2.26. The maximum Gasteiger partial charge on any atom is 0.236 e. The molecule has 1 aliphatic heterocycles. The molecule has 0 aliphatic carbocycles. The van der Waals surface area contributed by atoms with Crippen molar-refractivity contribution >= 4 is 21.9 Å². The fourth-order valence-electron chi connectivity index (χ4n) is 3.33. The van der Waals surface area contributed by atoms with Gasteiger partial charge in [0, 0.05) is 50.0 Å². The second-order valence-corrected chi connectivity index (χ2v) is 9.06. The van der Waals surface area contributed by atoms with Crippen LogP contribution in [-0.2, 0) is 10.0 Å². The number of benzene rings is 1. The van der Waals surface area contributed by atoms with Gasteiger partial charge in [-0.15, -0.1) is 0 Å². The largest absolute Gasteiger partial charge is 0.354 e. The molecule has 9 heteroatoms. The van der Waals surface area contributed by atoms with Gasteiger partial charge in [-0.1, -0.05) is 29.8 Å². The Bertz CT molecular complexity index is 1130. The molecule has 0 bridgehead atoms. The average Bonchev–Trinajstić information content (AvgIpc) is 3.28. The van der Waals surface area contributed by atoms with E-state index in [-0.39, 0.29) is 0 Å². The van der Waals surface area contributed by atoms with Crippen LogP contribution in [0.3, 0.4) is 0 Å². The Morgan fingerprint density at radius 3 is 2.33 bits per heavy atom. The molecule has 0 amide bonds. The maximum atomic E-state index is 12.7. The van der Waals surface area contributed by atoms with Crippen LogP contribution in [0.4, 0.5) is 5.82 Å². The van der Waals surface area contributed by atoms with E-state index in [1.54, 1.807) is 18.6 Å². The molecule has 1 aromatic carbocycles. The summed E-state index contributed by atoms with van der Waals surface area (Å²) < 4.78 is 28.8. The second kappa shape index (κ2) is 8.37. The van der Waals surface area contributed by atoms with E-state index < -0.39 is 10.0 Å². The lowest BCUT2D eigenvalue weighted by molar-refractivity contribution is 0.388. The average molecular weight is 425 g/mol. The van der Waals surface area contributed by atoms with E-state index in [2.05, 4.69) is 19.9 Å². The Morgan fingerprint density at radius 1 is 0.967 bits per heavy atom. The van der Waals surface area contributed by atoms with Crippen LogP contribution >= 0.6 is 0 Å². The number of aromatic nitrogens is 4. The number of anilines is 1. The third-order valence-corrected chi connectivity index (χ3v) is 6.58. The smallest absolute Gasteiger partial charge is 0.236 e. The predicted molar refractivity (Wildman–Crippen MR) is 117 cm³/mol. The van der Waals surface area contributed by atoms with Gasteiger partial charge >= 0.3 is 0 Å². The van der Waals surface area contributed by atoms with Crippen molar-refractivity contribution in [3.05, 3.63) is 71.4 Å². The van der Waals surface area contributed by atoms with Gasteiger partial charge in [-0.3, -0.25) is 4.57 Å². The van der Waals surface area contributed by atoms with Crippen LogP contribution in [0.1, 0.15) is 17.0 Å². The van der Waals surface area contributed by atoms with Gasteiger partial charge in [0.1, 0.15) is 23.8 Å². The molecule has 0 unspecified atom stereocenters. The Hall–Kier alpha value is -3.04. The number of hydrogen-bond donors (Lipinski definition) is 0. The third kappa shape index (κ3) is 4.58. The number of piperazine rings is 1. The van der Waals surface area contributed by atoms with Gasteiger partial charge in [0.15, 0.2) is 0 Å². The summed E-state index contributed by atoms with van der Waals surface area (Å²) in [5.74, 6) is 2.19. The van der Waals surface area contributed by atoms with Gasteiger partial charge in [0.05, 0.1) is 0 Å². The summed E-state index contributed by atoms with van der Waals surface area (Å²) in [5.41, 5.74) is 2.01. The van der Waals surface area contributed by atoms with Crippen LogP contribution in [0.15, 0.2) is 54.5 Å². The lowest BCUT2D eigenvalue weighted by atomic mass is 10.2. The highest BCUT2D eigenvalue weighted by atomic mass is 32.2. The first-order valence-electron chi connectivity index (χ1n) is 9.75. The highest BCUT2D eigenvalue weighted by molar-refractivity contribution is 7.92. The summed E-state index contributed by atoms with van der Waals surface area (Å²) in [7, 11) is -3.47. The van der Waals surface area contributed by atoms with Gasteiger partial charge in [-0.05, 0) is 25.5 Å². The topological polar surface area (TPSA) is 84.2 Å². The molecule has 3 aromatic rings. The molecule has 8 nitrogen and oxygen atoms in total. The van der Waals surface area contributed by atoms with Gasteiger partial charge in [-0.2, -0.15) is 4.31 Å². The molecule has 156 valence electrons. The number of nitrogens with zero attached hydrogens (tertiary/aromatic N) is 6. The van der Waals surface area contributed by atoms with Crippen molar-refractivity contribution in [2.45, 2.75) is 13.8 Å². The quantitative estimate of drug-likeness (QED) is 0.625. The Kier molecular flexibility index (Phi) is 5.65. The van der Waals surface area contributed by atoms with Crippen LogP contribution in [0.25, 0.3) is 11.9 Å². The lowest BCUT2D eigenvalue weighted by Gasteiger charge is -2.34. The normalized spacial score (nSPS) is 15.7. The van der Waals surface area contributed by atoms with Crippen molar-refractivity contribution in [2.24, 2.45) is 0 Å². The molecule has 0 spiro atoms. The molecular formula is C21H24N6O2S. The summed E-state index contributed by atoms with van der Waals surface area (Å²) in [4.78, 5) is 15.1. The summed E-state index contributed by atoms with van der Waals surface area (Å²) in [6.07, 6.45) is 6.87. The van der Waals surface area contributed by atoms with E-state index in [1.807, 2.05) is 54.9 Å². The first-order valence-corrected chi connectivity index (χ1v) is 11.2. The Labute approximate surface area is 176 Å². The molecule has 0 N–H and O–H groups in total. The summed E-state index contributed by atoms with van der Waals surface area (Å²) in [5, 5.41) is 1.29. The molecule has 0 radical (unpaired) electrons. The van der Waals surface area contributed by atoms with Gasteiger partial charge in [0.2, 0.25) is 10.0 Å². The minimum absolute atomic E-state index is 0.407. The van der Waals surface area contributed by atoms with E-state index in [0.717, 1.165) is 22.8 Å². The zero-order valence-electron chi connectivity index (χ0n) is 17.0. The van der Waals surface area contributed by atoms with Crippen molar-refractivity contribution in [2.75, 3.05) is 31.1 Å². The SMILES string of the molecule is Cc1ccc(/C=C/S(=O)(=O)N2CCN(c3cc(-n4ccnc4)nc(C)n3)CC2)cc1. The van der Waals surface area contributed by atoms with Gasteiger partial charge in [0.25, 0.3) is 0 Å². The predicted octanol–water partition coefficient (Wildman–Crippen LogP) is 2.40. The number of aryl methyl sites for hydroxylation is 2.